The Morgan fingerprint density at radius 2 is 0.922 bits per heavy atom. The van der Waals surface area contributed by atoms with E-state index in [9.17, 15) is 0 Å². The summed E-state index contributed by atoms with van der Waals surface area (Å²) in [5.74, 6) is 0. The lowest BCUT2D eigenvalue weighted by Crippen LogP contribution is -2.28. The van der Waals surface area contributed by atoms with E-state index < -0.39 is 5.41 Å². The lowest BCUT2D eigenvalue weighted by Gasteiger charge is -2.33. The number of thiophene rings is 1. The highest BCUT2D eigenvalue weighted by Gasteiger charge is 2.46. The average molecular weight is 668 g/mol. The maximum Gasteiger partial charge on any atom is 0.0714 e. The highest BCUT2D eigenvalue weighted by Crippen LogP contribution is 2.59. The van der Waals surface area contributed by atoms with Crippen LogP contribution in [-0.2, 0) is 5.41 Å². The third-order valence-corrected chi connectivity index (χ3v) is 11.8. The molecule has 1 aromatic heterocycles. The molecule has 8 aromatic carbocycles. The van der Waals surface area contributed by atoms with Gasteiger partial charge in [-0.25, -0.2) is 0 Å². The lowest BCUT2D eigenvalue weighted by atomic mass is 9.68. The molecular formula is C49H33NS. The van der Waals surface area contributed by atoms with Crippen LogP contribution in [0, 0.1) is 0 Å². The Bertz CT molecular complexity index is 2620. The number of rotatable bonds is 6. The van der Waals surface area contributed by atoms with Crippen molar-refractivity contribution in [2.75, 3.05) is 4.90 Å². The van der Waals surface area contributed by atoms with E-state index in [4.69, 9.17) is 0 Å². The van der Waals surface area contributed by atoms with Crippen molar-refractivity contribution in [3.05, 3.63) is 222 Å². The van der Waals surface area contributed by atoms with E-state index in [1.807, 2.05) is 11.3 Å². The molecule has 1 nitrogen and oxygen atoms in total. The summed E-state index contributed by atoms with van der Waals surface area (Å²) >= 11 is 1.92. The SMILES string of the molecule is c1ccc(-c2ccc(N(c3ccccc3)c3cccc4c3sc3c5c(ccc34)C(c3ccccc3)(c3ccccc3)c3ccccc3-5)cc2)cc1. The van der Waals surface area contributed by atoms with Gasteiger partial charge in [0, 0.05) is 32.4 Å². The zero-order valence-electron chi connectivity index (χ0n) is 27.9. The second-order valence-electron chi connectivity index (χ2n) is 13.2. The predicted molar refractivity (Wildman–Crippen MR) is 217 cm³/mol. The number of nitrogens with zero attached hydrogens (tertiary/aromatic N) is 1. The normalized spacial score (nSPS) is 12.9. The minimum atomic E-state index is -0.418. The molecule has 240 valence electrons. The van der Waals surface area contributed by atoms with Crippen LogP contribution in [-0.4, -0.2) is 0 Å². The Kier molecular flexibility index (Phi) is 6.97. The highest BCUT2D eigenvalue weighted by atomic mass is 32.1. The lowest BCUT2D eigenvalue weighted by molar-refractivity contribution is 0.769. The molecule has 0 bridgehead atoms. The largest absolute Gasteiger partial charge is 0.309 e. The van der Waals surface area contributed by atoms with E-state index in [-0.39, 0.29) is 0 Å². The Morgan fingerprint density at radius 3 is 1.61 bits per heavy atom. The van der Waals surface area contributed by atoms with Gasteiger partial charge in [-0.2, -0.15) is 0 Å². The van der Waals surface area contributed by atoms with E-state index in [0.717, 1.165) is 11.4 Å². The zero-order chi connectivity index (χ0) is 33.8. The maximum atomic E-state index is 2.42. The van der Waals surface area contributed by atoms with Gasteiger partial charge < -0.3 is 4.90 Å². The van der Waals surface area contributed by atoms with Crippen molar-refractivity contribution < 1.29 is 0 Å². The molecule has 1 aliphatic rings. The van der Waals surface area contributed by atoms with Crippen LogP contribution in [0.5, 0.6) is 0 Å². The molecule has 1 aliphatic carbocycles. The van der Waals surface area contributed by atoms with Crippen molar-refractivity contribution in [1.29, 1.82) is 0 Å². The number of fused-ring (bicyclic) bond motifs is 7. The van der Waals surface area contributed by atoms with Crippen molar-refractivity contribution in [1.82, 2.24) is 0 Å². The average Bonchev–Trinajstić information content (AvgIpc) is 3.74. The van der Waals surface area contributed by atoms with Gasteiger partial charge in [0.1, 0.15) is 0 Å². The molecule has 0 radical (unpaired) electrons. The number of para-hydroxylation sites is 1. The first-order valence-electron chi connectivity index (χ1n) is 17.5. The topological polar surface area (TPSA) is 3.24 Å². The first kappa shape index (κ1) is 29.7. The smallest absolute Gasteiger partial charge is 0.0714 e. The molecule has 0 aliphatic heterocycles. The quantitative estimate of drug-likeness (QED) is 0.171. The fourth-order valence-electron chi connectivity index (χ4n) is 8.38. The van der Waals surface area contributed by atoms with Crippen molar-refractivity contribution in [3.8, 4) is 22.3 Å². The Labute approximate surface area is 302 Å². The first-order chi connectivity index (χ1) is 25.3. The summed E-state index contributed by atoms with van der Waals surface area (Å²) in [7, 11) is 0. The van der Waals surface area contributed by atoms with Crippen LogP contribution in [0.15, 0.2) is 200 Å². The minimum Gasteiger partial charge on any atom is -0.309 e. The van der Waals surface area contributed by atoms with E-state index in [1.54, 1.807) is 0 Å². The molecule has 10 rings (SSSR count). The van der Waals surface area contributed by atoms with Crippen LogP contribution in [0.2, 0.25) is 0 Å². The van der Waals surface area contributed by atoms with Crippen LogP contribution in [0.3, 0.4) is 0 Å². The molecule has 51 heavy (non-hydrogen) atoms. The van der Waals surface area contributed by atoms with Gasteiger partial charge >= 0.3 is 0 Å². The van der Waals surface area contributed by atoms with Crippen LogP contribution < -0.4 is 4.90 Å². The van der Waals surface area contributed by atoms with Gasteiger partial charge in [-0.05, 0) is 69.3 Å². The minimum absolute atomic E-state index is 0.418. The van der Waals surface area contributed by atoms with Gasteiger partial charge in [0.05, 0.1) is 15.8 Å². The summed E-state index contributed by atoms with van der Waals surface area (Å²) in [5.41, 5.74) is 13.4. The summed E-state index contributed by atoms with van der Waals surface area (Å²) < 4.78 is 2.62. The van der Waals surface area contributed by atoms with Crippen LogP contribution in [0.25, 0.3) is 42.4 Å². The summed E-state index contributed by atoms with van der Waals surface area (Å²) in [6.45, 7) is 0. The van der Waals surface area contributed by atoms with E-state index in [0.29, 0.717) is 0 Å². The van der Waals surface area contributed by atoms with Gasteiger partial charge in [-0.1, -0.05) is 170 Å². The first-order valence-corrected chi connectivity index (χ1v) is 18.3. The van der Waals surface area contributed by atoms with Gasteiger partial charge in [-0.3, -0.25) is 0 Å². The predicted octanol–water partition coefficient (Wildman–Crippen LogP) is 13.6. The molecule has 0 saturated heterocycles. The molecule has 2 heteroatoms. The number of hydrogen-bond donors (Lipinski definition) is 0. The van der Waals surface area contributed by atoms with Crippen molar-refractivity contribution in [2.45, 2.75) is 5.41 Å². The van der Waals surface area contributed by atoms with Crippen LogP contribution in [0.4, 0.5) is 17.1 Å². The molecule has 9 aromatic rings. The summed E-state index contributed by atoms with van der Waals surface area (Å²) in [6, 6.07) is 73.1. The molecule has 0 amide bonds. The van der Waals surface area contributed by atoms with Crippen LogP contribution >= 0.6 is 11.3 Å². The highest BCUT2D eigenvalue weighted by molar-refractivity contribution is 7.27. The fourth-order valence-corrected chi connectivity index (χ4v) is 9.74. The molecule has 0 unspecified atom stereocenters. The fraction of sp³-hybridized carbons (Fsp3) is 0.0204. The second kappa shape index (κ2) is 12.0. The van der Waals surface area contributed by atoms with Crippen molar-refractivity contribution in [3.63, 3.8) is 0 Å². The Hall–Kier alpha value is -6.22. The monoisotopic (exact) mass is 667 g/mol. The molecule has 0 atom stereocenters. The van der Waals surface area contributed by atoms with Crippen molar-refractivity contribution >= 4 is 48.6 Å². The Balaban J connectivity index is 1.23. The molecular weight excluding hydrogens is 635 g/mol. The van der Waals surface area contributed by atoms with E-state index in [1.165, 1.54) is 70.4 Å². The summed E-state index contributed by atoms with van der Waals surface area (Å²) in [5, 5.41) is 2.58. The molecule has 1 heterocycles. The molecule has 0 saturated carbocycles. The van der Waals surface area contributed by atoms with Gasteiger partial charge in [0.25, 0.3) is 0 Å². The van der Waals surface area contributed by atoms with Gasteiger partial charge in [-0.15, -0.1) is 11.3 Å². The number of anilines is 3. The maximum absolute atomic E-state index is 2.42. The Morgan fingerprint density at radius 1 is 0.373 bits per heavy atom. The number of hydrogen-bond acceptors (Lipinski definition) is 2. The van der Waals surface area contributed by atoms with Crippen LogP contribution in [0.1, 0.15) is 22.3 Å². The van der Waals surface area contributed by atoms with E-state index in [2.05, 4.69) is 205 Å². The third-order valence-electron chi connectivity index (χ3n) is 10.6. The van der Waals surface area contributed by atoms with E-state index >= 15 is 0 Å². The summed E-state index contributed by atoms with van der Waals surface area (Å²) in [4.78, 5) is 2.42. The van der Waals surface area contributed by atoms with Gasteiger partial charge in [0.15, 0.2) is 0 Å². The molecule has 0 fully saturated rings. The second-order valence-corrected chi connectivity index (χ2v) is 14.3. The van der Waals surface area contributed by atoms with Gasteiger partial charge in [0.2, 0.25) is 0 Å². The molecule has 0 N–H and O–H groups in total. The summed E-state index contributed by atoms with van der Waals surface area (Å²) in [6.07, 6.45) is 0. The standard InChI is InChI=1S/C49H33NS/c1-5-16-34(17-6-1)35-28-30-39(31-29-35)50(38-22-11-4-12-23-38)45-27-15-25-40-41-32-33-44-46(48(41)51-47(40)45)42-24-13-14-26-43(42)49(44,36-18-7-2-8-19-36)37-20-9-3-10-21-37/h1-33H. The number of benzene rings is 8. The molecule has 0 spiro atoms. The van der Waals surface area contributed by atoms with Crippen molar-refractivity contribution in [2.24, 2.45) is 0 Å². The zero-order valence-corrected chi connectivity index (χ0v) is 28.7. The third kappa shape index (κ3) is 4.54.